The predicted molar refractivity (Wildman–Crippen MR) is 118 cm³/mol. The summed E-state index contributed by atoms with van der Waals surface area (Å²) in [4.78, 5) is 28.9. The maximum Gasteiger partial charge on any atom is 0.490 e. The van der Waals surface area contributed by atoms with E-state index in [1.165, 1.54) is 42.6 Å². The Labute approximate surface area is 208 Å². The first kappa shape index (κ1) is 28.3. The normalized spacial score (nSPS) is 18.9. The lowest BCUT2D eigenvalue weighted by atomic mass is 9.79. The Bertz CT molecular complexity index is 1330. The number of aliphatic hydroxyl groups excluding tert-OH is 1. The number of rotatable bonds is 5. The van der Waals surface area contributed by atoms with E-state index in [0.29, 0.717) is 11.1 Å². The van der Waals surface area contributed by atoms with Gasteiger partial charge >= 0.3 is 18.7 Å². The summed E-state index contributed by atoms with van der Waals surface area (Å²) in [5.41, 5.74) is -1.21. The van der Waals surface area contributed by atoms with Crippen molar-refractivity contribution in [3.63, 3.8) is 0 Å². The molecule has 3 heterocycles. The standard InChI is InChI=1S/C21H16F4N4O2.C2HF3O2/c22-15-5-2-13(3-6-15)21(14-4-7-17(23)26-9-14)16(11-30)27-19(28-21)12-1-8-18(31)29(10-12)20(24)25;3-2(4,5)1(6)7/h1-10,16,20,30H,11H2,(H,27,28);(H,6,7)/t16-,21-;/m0./s1. The van der Waals surface area contributed by atoms with Crippen LogP contribution in [0.1, 0.15) is 23.2 Å². The topological polar surface area (TPSA) is 117 Å². The number of carbonyl (C=O) groups is 1. The Morgan fingerprint density at radius 3 is 2.16 bits per heavy atom. The summed E-state index contributed by atoms with van der Waals surface area (Å²) in [7, 11) is 0. The molecule has 202 valence electrons. The average Bonchev–Trinajstić information content (AvgIpc) is 3.25. The van der Waals surface area contributed by atoms with E-state index in [-0.39, 0.29) is 16.0 Å². The third-order valence-corrected chi connectivity index (χ3v) is 5.40. The molecule has 3 N–H and O–H groups in total. The van der Waals surface area contributed by atoms with E-state index in [1.807, 2.05) is 0 Å². The minimum atomic E-state index is -5.08. The fourth-order valence-electron chi connectivity index (χ4n) is 3.68. The van der Waals surface area contributed by atoms with Crippen LogP contribution in [0.5, 0.6) is 0 Å². The maximum absolute atomic E-state index is 13.6. The van der Waals surface area contributed by atoms with Crippen molar-refractivity contribution in [1.82, 2.24) is 14.9 Å². The molecule has 0 aliphatic carbocycles. The highest BCUT2D eigenvalue weighted by molar-refractivity contribution is 6.01. The van der Waals surface area contributed by atoms with Gasteiger partial charge in [-0.2, -0.15) is 26.3 Å². The molecule has 0 amide bonds. The van der Waals surface area contributed by atoms with Crippen LogP contribution in [0.2, 0.25) is 0 Å². The Balaban J connectivity index is 0.000000505. The van der Waals surface area contributed by atoms with Gasteiger partial charge < -0.3 is 15.5 Å². The molecule has 38 heavy (non-hydrogen) atoms. The van der Waals surface area contributed by atoms with Crippen molar-refractivity contribution >= 4 is 11.8 Å². The van der Waals surface area contributed by atoms with Crippen molar-refractivity contribution in [2.24, 2.45) is 4.99 Å². The third-order valence-electron chi connectivity index (χ3n) is 5.40. The van der Waals surface area contributed by atoms with Crippen LogP contribution in [0, 0.1) is 11.8 Å². The number of pyridine rings is 2. The number of benzene rings is 1. The molecule has 1 aliphatic heterocycles. The lowest BCUT2D eigenvalue weighted by Gasteiger charge is -2.32. The van der Waals surface area contributed by atoms with E-state index in [2.05, 4.69) is 15.3 Å². The van der Waals surface area contributed by atoms with Crippen molar-refractivity contribution in [3.05, 3.63) is 99.7 Å². The number of aromatic nitrogens is 2. The average molecular weight is 546 g/mol. The van der Waals surface area contributed by atoms with Crippen LogP contribution in [0.4, 0.5) is 30.7 Å². The van der Waals surface area contributed by atoms with E-state index in [0.717, 1.165) is 18.3 Å². The Morgan fingerprint density at radius 2 is 1.66 bits per heavy atom. The number of nitrogens with zero attached hydrogens (tertiary/aromatic N) is 3. The summed E-state index contributed by atoms with van der Waals surface area (Å²) >= 11 is 0. The maximum atomic E-state index is 13.6. The summed E-state index contributed by atoms with van der Waals surface area (Å²) in [6, 6.07) is 9.42. The molecule has 15 heteroatoms. The molecule has 0 bridgehead atoms. The number of hydrogen-bond acceptors (Lipinski definition) is 6. The van der Waals surface area contributed by atoms with Gasteiger partial charge in [0.1, 0.15) is 17.2 Å². The van der Waals surface area contributed by atoms with Gasteiger partial charge in [0.05, 0.1) is 12.6 Å². The van der Waals surface area contributed by atoms with Gasteiger partial charge in [-0.05, 0) is 29.8 Å². The molecule has 1 aromatic carbocycles. The van der Waals surface area contributed by atoms with Crippen molar-refractivity contribution in [2.45, 2.75) is 24.3 Å². The summed E-state index contributed by atoms with van der Waals surface area (Å²) in [6.07, 6.45) is -2.88. The zero-order valence-electron chi connectivity index (χ0n) is 18.8. The first-order valence-electron chi connectivity index (χ1n) is 10.5. The minimum Gasteiger partial charge on any atom is -0.475 e. The number of aliphatic imine (C=N–C) groups is 1. The predicted octanol–water partition coefficient (Wildman–Crippen LogP) is 3.20. The molecule has 4 rings (SSSR count). The monoisotopic (exact) mass is 546 g/mol. The van der Waals surface area contributed by atoms with E-state index in [1.54, 1.807) is 0 Å². The molecular formula is C23H17F7N4O4. The number of amidine groups is 1. The summed E-state index contributed by atoms with van der Waals surface area (Å²) in [5, 5.41) is 20.2. The number of carboxylic acids is 1. The van der Waals surface area contributed by atoms with Gasteiger partial charge in [-0.1, -0.05) is 18.2 Å². The van der Waals surface area contributed by atoms with Crippen LogP contribution in [-0.2, 0) is 10.3 Å². The number of aliphatic hydroxyl groups is 1. The molecule has 0 unspecified atom stereocenters. The largest absolute Gasteiger partial charge is 0.490 e. The van der Waals surface area contributed by atoms with E-state index < -0.39 is 54.2 Å². The minimum absolute atomic E-state index is 0.127. The van der Waals surface area contributed by atoms with E-state index in [4.69, 9.17) is 9.90 Å². The lowest BCUT2D eigenvalue weighted by molar-refractivity contribution is -0.192. The first-order valence-corrected chi connectivity index (χ1v) is 10.5. The number of nitrogens with one attached hydrogen (secondary N) is 1. The summed E-state index contributed by atoms with van der Waals surface area (Å²) in [6.45, 7) is -3.50. The zero-order chi connectivity index (χ0) is 28.3. The SMILES string of the molecule is O=C(O)C(F)(F)F.O=c1ccc(C2=N[C@@](c3ccc(F)cc3)(c3ccc(F)nc3)[C@H](CO)N2)cn1C(F)F. The number of hydrogen-bond donors (Lipinski definition) is 3. The third kappa shape index (κ3) is 5.82. The number of alkyl halides is 5. The van der Waals surface area contributed by atoms with Gasteiger partial charge in [0.2, 0.25) is 5.95 Å². The second-order valence-corrected chi connectivity index (χ2v) is 7.73. The molecule has 1 aliphatic rings. The smallest absolute Gasteiger partial charge is 0.475 e. The molecule has 0 fully saturated rings. The second kappa shape index (κ2) is 11.0. The van der Waals surface area contributed by atoms with Gasteiger partial charge in [-0.3, -0.25) is 9.36 Å². The molecular weight excluding hydrogens is 529 g/mol. The van der Waals surface area contributed by atoms with Crippen molar-refractivity contribution in [3.8, 4) is 0 Å². The van der Waals surface area contributed by atoms with Gasteiger partial charge in [-0.25, -0.2) is 19.2 Å². The molecule has 0 saturated heterocycles. The quantitative estimate of drug-likeness (QED) is 0.335. The molecule has 0 radical (unpaired) electrons. The van der Waals surface area contributed by atoms with Gasteiger partial charge in [0, 0.05) is 29.6 Å². The van der Waals surface area contributed by atoms with Crippen LogP contribution in [0.3, 0.4) is 0 Å². The van der Waals surface area contributed by atoms with Crippen LogP contribution in [0.25, 0.3) is 0 Å². The van der Waals surface area contributed by atoms with Crippen LogP contribution >= 0.6 is 0 Å². The fourth-order valence-corrected chi connectivity index (χ4v) is 3.68. The van der Waals surface area contributed by atoms with E-state index in [9.17, 15) is 40.6 Å². The number of halogens is 7. The summed E-state index contributed by atoms with van der Waals surface area (Å²) in [5.74, 6) is -3.84. The Hall–Kier alpha value is -4.27. The number of carboxylic acid groups (broad SMARTS) is 1. The Kier molecular flexibility index (Phi) is 8.19. The van der Waals surface area contributed by atoms with Crippen LogP contribution in [0.15, 0.2) is 70.7 Å². The highest BCUT2D eigenvalue weighted by Gasteiger charge is 2.47. The van der Waals surface area contributed by atoms with Crippen LogP contribution < -0.4 is 10.9 Å². The van der Waals surface area contributed by atoms with Crippen LogP contribution in [-0.4, -0.2) is 50.4 Å². The fraction of sp³-hybridized carbons (Fsp3) is 0.217. The summed E-state index contributed by atoms with van der Waals surface area (Å²) < 4.78 is 85.4. The molecule has 3 aromatic rings. The Morgan fingerprint density at radius 1 is 1.05 bits per heavy atom. The van der Waals surface area contributed by atoms with Gasteiger partial charge in [0.15, 0.2) is 0 Å². The zero-order valence-corrected chi connectivity index (χ0v) is 18.8. The highest BCUT2D eigenvalue weighted by Crippen LogP contribution is 2.40. The highest BCUT2D eigenvalue weighted by atomic mass is 19.4. The van der Waals surface area contributed by atoms with Crippen molar-refractivity contribution in [2.75, 3.05) is 6.61 Å². The van der Waals surface area contributed by atoms with Crippen molar-refractivity contribution < 1.29 is 45.7 Å². The molecule has 2 aromatic heterocycles. The molecule has 8 nitrogen and oxygen atoms in total. The first-order chi connectivity index (χ1) is 17.8. The molecule has 0 saturated carbocycles. The molecule has 0 spiro atoms. The second-order valence-electron chi connectivity index (χ2n) is 7.73. The number of aliphatic carboxylic acids is 1. The van der Waals surface area contributed by atoms with E-state index >= 15 is 0 Å². The lowest BCUT2D eigenvalue weighted by Crippen LogP contribution is -2.46. The van der Waals surface area contributed by atoms with Crippen molar-refractivity contribution in [1.29, 1.82) is 0 Å². The van der Waals surface area contributed by atoms with Gasteiger partial charge in [0.25, 0.3) is 5.56 Å². The molecule has 2 atom stereocenters. The van der Waals surface area contributed by atoms with Gasteiger partial charge in [-0.15, -0.1) is 0 Å².